The molecule has 1 aromatic carbocycles. The van der Waals surface area contributed by atoms with Crippen molar-refractivity contribution in [3.63, 3.8) is 0 Å². The second-order valence-electron chi connectivity index (χ2n) is 7.71. The third-order valence-electron chi connectivity index (χ3n) is 5.70. The van der Waals surface area contributed by atoms with Crippen LogP contribution in [0.5, 0.6) is 5.75 Å². The number of aromatic nitrogens is 4. The number of benzene rings is 1. The van der Waals surface area contributed by atoms with Crippen LogP contribution in [0.25, 0.3) is 22.2 Å². The number of thioether (sulfide) groups is 1. The molecule has 4 rings (SSSR count). The van der Waals surface area contributed by atoms with E-state index in [0.29, 0.717) is 22.1 Å². The van der Waals surface area contributed by atoms with Gasteiger partial charge in [-0.3, -0.25) is 4.98 Å². The molecule has 3 aromatic rings. The summed E-state index contributed by atoms with van der Waals surface area (Å²) in [5.74, 6) is 0.585. The van der Waals surface area contributed by atoms with Gasteiger partial charge in [-0.05, 0) is 48.3 Å². The average molecular weight is 381 g/mol. The quantitative estimate of drug-likeness (QED) is 0.667. The van der Waals surface area contributed by atoms with Crippen LogP contribution in [0.1, 0.15) is 46.0 Å². The number of phenols is 1. The summed E-state index contributed by atoms with van der Waals surface area (Å²) in [4.78, 5) is 8.55. The highest BCUT2D eigenvalue weighted by molar-refractivity contribution is 7.99. The molecule has 2 atom stereocenters. The lowest BCUT2D eigenvalue weighted by Gasteiger charge is -2.37. The first-order chi connectivity index (χ1) is 13.1. The minimum atomic E-state index is 0.142. The standard InChI is InChI=1S/C21H24N4OS/c1-3-21(2)7-4-5-16(11-21)27-19-13-23-20(25-24-19)17-9-14-6-8-22-12-15(14)10-18(17)26/h6,8-10,12-13,16,26H,3-5,7,11H2,1-2H3/t16-,21+/m1/s1. The van der Waals surface area contributed by atoms with Gasteiger partial charge in [0.25, 0.3) is 0 Å². The number of hydrogen-bond donors (Lipinski definition) is 1. The van der Waals surface area contributed by atoms with Gasteiger partial charge < -0.3 is 5.11 Å². The molecule has 140 valence electrons. The van der Waals surface area contributed by atoms with Crippen molar-refractivity contribution in [2.45, 2.75) is 56.2 Å². The van der Waals surface area contributed by atoms with Crippen molar-refractivity contribution in [3.8, 4) is 17.1 Å². The van der Waals surface area contributed by atoms with Gasteiger partial charge in [-0.1, -0.05) is 38.5 Å². The Kier molecular flexibility index (Phi) is 5.00. The lowest BCUT2D eigenvalue weighted by Crippen LogP contribution is -2.26. The summed E-state index contributed by atoms with van der Waals surface area (Å²) in [5.41, 5.74) is 1.04. The zero-order valence-electron chi connectivity index (χ0n) is 15.7. The summed E-state index contributed by atoms with van der Waals surface area (Å²) in [5, 5.41) is 22.3. The molecule has 0 amide bonds. The van der Waals surface area contributed by atoms with Crippen LogP contribution in [0.4, 0.5) is 0 Å². The summed E-state index contributed by atoms with van der Waals surface area (Å²) >= 11 is 1.79. The Hall–Kier alpha value is -2.21. The molecule has 1 fully saturated rings. The van der Waals surface area contributed by atoms with Gasteiger partial charge in [0.05, 0.1) is 11.8 Å². The zero-order valence-corrected chi connectivity index (χ0v) is 16.5. The highest BCUT2D eigenvalue weighted by Gasteiger charge is 2.31. The molecule has 1 N–H and O–H groups in total. The monoisotopic (exact) mass is 380 g/mol. The smallest absolute Gasteiger partial charge is 0.185 e. The van der Waals surface area contributed by atoms with E-state index in [0.717, 1.165) is 15.8 Å². The number of hydrogen-bond acceptors (Lipinski definition) is 6. The first-order valence-corrected chi connectivity index (χ1v) is 10.4. The molecule has 1 aliphatic rings. The van der Waals surface area contributed by atoms with Gasteiger partial charge in [-0.25, -0.2) is 4.98 Å². The Labute approximate surface area is 163 Å². The topological polar surface area (TPSA) is 71.8 Å². The highest BCUT2D eigenvalue weighted by atomic mass is 32.2. The van der Waals surface area contributed by atoms with Gasteiger partial charge in [0.1, 0.15) is 10.8 Å². The van der Waals surface area contributed by atoms with Crippen LogP contribution in [0, 0.1) is 5.41 Å². The Morgan fingerprint density at radius 3 is 2.89 bits per heavy atom. The fourth-order valence-corrected chi connectivity index (χ4v) is 5.16. The van der Waals surface area contributed by atoms with Gasteiger partial charge in [0, 0.05) is 23.0 Å². The van der Waals surface area contributed by atoms with E-state index in [2.05, 4.69) is 34.0 Å². The van der Waals surface area contributed by atoms with E-state index in [1.807, 2.05) is 12.1 Å². The molecule has 2 aromatic heterocycles. The van der Waals surface area contributed by atoms with E-state index in [1.54, 1.807) is 36.4 Å². The molecule has 0 radical (unpaired) electrons. The largest absolute Gasteiger partial charge is 0.507 e. The van der Waals surface area contributed by atoms with Crippen LogP contribution < -0.4 is 0 Å². The van der Waals surface area contributed by atoms with Crippen molar-refractivity contribution in [1.82, 2.24) is 20.2 Å². The minimum Gasteiger partial charge on any atom is -0.507 e. The van der Waals surface area contributed by atoms with Crippen LogP contribution in [-0.2, 0) is 0 Å². The van der Waals surface area contributed by atoms with Crippen molar-refractivity contribution in [1.29, 1.82) is 0 Å². The van der Waals surface area contributed by atoms with Crippen LogP contribution in [0.15, 0.2) is 41.8 Å². The van der Waals surface area contributed by atoms with Crippen LogP contribution in [0.2, 0.25) is 0 Å². The van der Waals surface area contributed by atoms with E-state index in [-0.39, 0.29) is 5.75 Å². The summed E-state index contributed by atoms with van der Waals surface area (Å²) in [6.45, 7) is 4.68. The molecule has 2 heterocycles. The number of nitrogens with zero attached hydrogens (tertiary/aromatic N) is 4. The van der Waals surface area contributed by atoms with Gasteiger partial charge in [-0.2, -0.15) is 0 Å². The molecule has 1 aliphatic carbocycles. The normalized spacial score (nSPS) is 22.8. The molecule has 0 bridgehead atoms. The van der Waals surface area contributed by atoms with E-state index in [9.17, 15) is 5.11 Å². The maximum Gasteiger partial charge on any atom is 0.185 e. The van der Waals surface area contributed by atoms with Gasteiger partial charge >= 0.3 is 0 Å². The zero-order chi connectivity index (χ0) is 18.9. The fraction of sp³-hybridized carbons (Fsp3) is 0.429. The predicted octanol–water partition coefficient (Wildman–Crippen LogP) is 5.24. The van der Waals surface area contributed by atoms with Crippen LogP contribution in [0.3, 0.4) is 0 Å². The second-order valence-corrected chi connectivity index (χ2v) is 9.03. The molecular formula is C21H24N4OS. The number of phenolic OH excluding ortho intramolecular Hbond substituents is 1. The third kappa shape index (κ3) is 3.90. The number of rotatable bonds is 4. The number of aromatic hydroxyl groups is 1. The summed E-state index contributed by atoms with van der Waals surface area (Å²) < 4.78 is 0. The van der Waals surface area contributed by atoms with Gasteiger partial charge in [-0.15, -0.1) is 10.2 Å². The lowest BCUT2D eigenvalue weighted by atomic mass is 9.74. The number of fused-ring (bicyclic) bond motifs is 1. The summed E-state index contributed by atoms with van der Waals surface area (Å²) in [7, 11) is 0. The first-order valence-electron chi connectivity index (χ1n) is 9.50. The van der Waals surface area contributed by atoms with Crippen molar-refractivity contribution in [3.05, 3.63) is 36.8 Å². The molecule has 0 spiro atoms. The van der Waals surface area contributed by atoms with Gasteiger partial charge in [0.2, 0.25) is 0 Å². The average Bonchev–Trinajstić information content (AvgIpc) is 2.68. The molecule has 0 aliphatic heterocycles. The molecule has 0 unspecified atom stereocenters. The maximum atomic E-state index is 10.3. The molecule has 27 heavy (non-hydrogen) atoms. The van der Waals surface area contributed by atoms with Gasteiger partial charge in [0.15, 0.2) is 5.82 Å². The fourth-order valence-electron chi connectivity index (χ4n) is 3.85. The minimum absolute atomic E-state index is 0.142. The third-order valence-corrected chi connectivity index (χ3v) is 6.87. The highest BCUT2D eigenvalue weighted by Crippen LogP contribution is 2.44. The Morgan fingerprint density at radius 1 is 1.22 bits per heavy atom. The number of pyridine rings is 1. The molecule has 5 nitrogen and oxygen atoms in total. The van der Waals surface area contributed by atoms with Crippen LogP contribution in [-0.4, -0.2) is 30.5 Å². The molecular weight excluding hydrogens is 356 g/mol. The van der Waals surface area contributed by atoms with Crippen LogP contribution >= 0.6 is 11.8 Å². The molecule has 1 saturated carbocycles. The molecule has 0 saturated heterocycles. The lowest BCUT2D eigenvalue weighted by molar-refractivity contribution is 0.213. The van der Waals surface area contributed by atoms with Crippen molar-refractivity contribution in [2.75, 3.05) is 0 Å². The Morgan fingerprint density at radius 2 is 2.11 bits per heavy atom. The maximum absolute atomic E-state index is 10.3. The summed E-state index contributed by atoms with van der Waals surface area (Å²) in [6, 6.07) is 5.48. The Bertz CT molecular complexity index is 947. The molecule has 6 heteroatoms. The SMILES string of the molecule is CC[C@@]1(C)CCC[C@@H](Sc2cnc(-c3cc4ccncc4cc3O)nn2)C1. The van der Waals surface area contributed by atoms with Crippen molar-refractivity contribution >= 4 is 22.5 Å². The first kappa shape index (κ1) is 18.2. The van der Waals surface area contributed by atoms with E-state index in [1.165, 1.54) is 32.1 Å². The van der Waals surface area contributed by atoms with E-state index < -0.39 is 0 Å². The second kappa shape index (κ2) is 7.43. The van der Waals surface area contributed by atoms with Crippen molar-refractivity contribution < 1.29 is 5.11 Å². The van der Waals surface area contributed by atoms with E-state index in [4.69, 9.17) is 0 Å². The Balaban J connectivity index is 1.53. The summed E-state index contributed by atoms with van der Waals surface area (Å²) in [6.07, 6.45) is 11.5. The van der Waals surface area contributed by atoms with Crippen molar-refractivity contribution in [2.24, 2.45) is 5.41 Å². The van der Waals surface area contributed by atoms with E-state index >= 15 is 0 Å². The predicted molar refractivity (Wildman–Crippen MR) is 109 cm³/mol.